The molecular formula is C8H7BrF3NO2S. The van der Waals surface area contributed by atoms with Crippen LogP contribution in [-0.2, 0) is 10.0 Å². The van der Waals surface area contributed by atoms with Crippen molar-refractivity contribution in [3.8, 4) is 0 Å². The second-order valence-corrected chi connectivity index (χ2v) is 5.58. The Hall–Kier alpha value is -0.600. The van der Waals surface area contributed by atoms with Crippen LogP contribution in [0.25, 0.3) is 0 Å². The molecule has 0 bridgehead atoms. The zero-order valence-corrected chi connectivity index (χ0v) is 10.2. The molecule has 8 heteroatoms. The average molecular weight is 318 g/mol. The van der Waals surface area contributed by atoms with Gasteiger partial charge in [0.1, 0.15) is 6.54 Å². The van der Waals surface area contributed by atoms with Gasteiger partial charge in [-0.1, -0.05) is 15.9 Å². The number of hydrogen-bond acceptors (Lipinski definition) is 2. The molecule has 0 saturated carbocycles. The summed E-state index contributed by atoms with van der Waals surface area (Å²) in [5.74, 6) is 0. The molecule has 0 aliphatic carbocycles. The van der Waals surface area contributed by atoms with E-state index in [4.69, 9.17) is 0 Å². The van der Waals surface area contributed by atoms with Crippen LogP contribution < -0.4 is 4.72 Å². The van der Waals surface area contributed by atoms with Crippen molar-refractivity contribution >= 4 is 26.0 Å². The highest BCUT2D eigenvalue weighted by Gasteiger charge is 2.29. The van der Waals surface area contributed by atoms with Gasteiger partial charge in [0.2, 0.25) is 10.0 Å². The molecule has 0 aromatic heterocycles. The van der Waals surface area contributed by atoms with Gasteiger partial charge in [-0.05, 0) is 24.3 Å². The van der Waals surface area contributed by atoms with E-state index < -0.39 is 22.7 Å². The van der Waals surface area contributed by atoms with Gasteiger partial charge in [0, 0.05) is 4.47 Å². The number of nitrogens with one attached hydrogen (secondary N) is 1. The van der Waals surface area contributed by atoms with E-state index in [0.717, 1.165) is 0 Å². The molecule has 1 rings (SSSR count). The molecule has 0 spiro atoms. The van der Waals surface area contributed by atoms with E-state index in [1.807, 2.05) is 0 Å². The molecule has 0 saturated heterocycles. The van der Waals surface area contributed by atoms with Crippen molar-refractivity contribution in [1.82, 2.24) is 4.72 Å². The maximum absolute atomic E-state index is 11.8. The highest BCUT2D eigenvalue weighted by molar-refractivity contribution is 9.10. The van der Waals surface area contributed by atoms with E-state index in [2.05, 4.69) is 15.9 Å². The van der Waals surface area contributed by atoms with Crippen LogP contribution in [0.4, 0.5) is 13.2 Å². The summed E-state index contributed by atoms with van der Waals surface area (Å²) >= 11 is 3.09. The Kier molecular flexibility index (Phi) is 3.97. The smallest absolute Gasteiger partial charge is 0.207 e. The predicted octanol–water partition coefficient (Wildman–Crippen LogP) is 2.29. The van der Waals surface area contributed by atoms with E-state index >= 15 is 0 Å². The lowest BCUT2D eigenvalue weighted by molar-refractivity contribution is -0.121. The highest BCUT2D eigenvalue weighted by atomic mass is 79.9. The molecule has 0 radical (unpaired) electrons. The SMILES string of the molecule is O=S(=O)(NCC(F)(F)F)c1ccc(Br)cc1. The first-order valence-electron chi connectivity index (χ1n) is 4.03. The Labute approximate surface area is 98.8 Å². The van der Waals surface area contributed by atoms with Gasteiger partial charge in [-0.25, -0.2) is 13.1 Å². The first kappa shape index (κ1) is 13.5. The second-order valence-electron chi connectivity index (χ2n) is 2.89. The molecule has 0 unspecified atom stereocenters. The number of alkyl halides is 3. The van der Waals surface area contributed by atoms with Gasteiger partial charge in [-0.2, -0.15) is 13.2 Å². The van der Waals surface area contributed by atoms with Gasteiger partial charge in [-0.15, -0.1) is 0 Å². The van der Waals surface area contributed by atoms with Crippen LogP contribution in [0.2, 0.25) is 0 Å². The van der Waals surface area contributed by atoms with E-state index in [0.29, 0.717) is 4.47 Å². The Morgan fingerprint density at radius 2 is 1.69 bits per heavy atom. The molecule has 1 N–H and O–H groups in total. The third-order valence-corrected chi connectivity index (χ3v) is 3.53. The normalized spacial score (nSPS) is 12.8. The lowest BCUT2D eigenvalue weighted by atomic mass is 10.4. The Bertz CT molecular complexity index is 455. The van der Waals surface area contributed by atoms with E-state index in [1.54, 1.807) is 0 Å². The van der Waals surface area contributed by atoms with Gasteiger partial charge in [0.05, 0.1) is 4.90 Å². The Morgan fingerprint density at radius 3 is 2.12 bits per heavy atom. The number of hydrogen-bond donors (Lipinski definition) is 1. The van der Waals surface area contributed by atoms with Crippen LogP contribution in [0, 0.1) is 0 Å². The van der Waals surface area contributed by atoms with Crippen LogP contribution in [0.15, 0.2) is 33.6 Å². The molecule has 0 fully saturated rings. The molecule has 0 amide bonds. The summed E-state index contributed by atoms with van der Waals surface area (Å²) in [4.78, 5) is -0.208. The van der Waals surface area contributed by atoms with Gasteiger partial charge in [0.25, 0.3) is 0 Å². The fourth-order valence-electron chi connectivity index (χ4n) is 0.874. The summed E-state index contributed by atoms with van der Waals surface area (Å²) in [5, 5.41) is 0. The monoisotopic (exact) mass is 317 g/mol. The van der Waals surface area contributed by atoms with Crippen molar-refractivity contribution in [1.29, 1.82) is 0 Å². The van der Waals surface area contributed by atoms with Crippen molar-refractivity contribution in [2.45, 2.75) is 11.1 Å². The topological polar surface area (TPSA) is 46.2 Å². The minimum atomic E-state index is -4.57. The first-order chi connectivity index (χ1) is 7.21. The van der Waals surface area contributed by atoms with Crippen LogP contribution >= 0.6 is 15.9 Å². The largest absolute Gasteiger partial charge is 0.402 e. The zero-order chi connectivity index (χ0) is 12.4. The highest BCUT2D eigenvalue weighted by Crippen LogP contribution is 2.17. The standard InChI is InChI=1S/C8H7BrF3NO2S/c9-6-1-3-7(4-2-6)16(14,15)13-5-8(10,11)12/h1-4,13H,5H2. The van der Waals surface area contributed by atoms with Gasteiger partial charge in [0.15, 0.2) is 0 Å². The van der Waals surface area contributed by atoms with Crippen molar-refractivity contribution in [2.75, 3.05) is 6.54 Å². The predicted molar refractivity (Wildman–Crippen MR) is 55.4 cm³/mol. The average Bonchev–Trinajstić information content (AvgIpc) is 2.15. The van der Waals surface area contributed by atoms with Crippen LogP contribution in [0.1, 0.15) is 0 Å². The lowest BCUT2D eigenvalue weighted by Gasteiger charge is -2.09. The van der Waals surface area contributed by atoms with Gasteiger partial charge in [-0.3, -0.25) is 0 Å². The molecule has 3 nitrogen and oxygen atoms in total. The Morgan fingerprint density at radius 1 is 1.19 bits per heavy atom. The molecule has 1 aromatic rings. The molecule has 0 heterocycles. The maximum Gasteiger partial charge on any atom is 0.402 e. The molecule has 0 aliphatic heterocycles. The fraction of sp³-hybridized carbons (Fsp3) is 0.250. The van der Waals surface area contributed by atoms with Gasteiger partial charge < -0.3 is 0 Å². The third-order valence-electron chi connectivity index (χ3n) is 1.59. The van der Waals surface area contributed by atoms with E-state index in [1.165, 1.54) is 29.0 Å². The maximum atomic E-state index is 11.8. The molecule has 1 aromatic carbocycles. The van der Waals surface area contributed by atoms with E-state index in [-0.39, 0.29) is 4.90 Å². The van der Waals surface area contributed by atoms with Crippen LogP contribution in [0.5, 0.6) is 0 Å². The quantitative estimate of drug-likeness (QED) is 0.929. The summed E-state index contributed by atoms with van der Waals surface area (Å²) in [5.41, 5.74) is 0. The summed E-state index contributed by atoms with van der Waals surface area (Å²) < 4.78 is 60.3. The summed E-state index contributed by atoms with van der Waals surface area (Å²) in [7, 11) is -4.10. The third kappa shape index (κ3) is 4.11. The number of rotatable bonds is 3. The van der Waals surface area contributed by atoms with Crippen LogP contribution in [-0.4, -0.2) is 21.1 Å². The fourth-order valence-corrected chi connectivity index (χ4v) is 2.15. The first-order valence-corrected chi connectivity index (χ1v) is 6.30. The summed E-state index contributed by atoms with van der Waals surface area (Å²) in [6.07, 6.45) is -4.57. The van der Waals surface area contributed by atoms with Crippen LogP contribution in [0.3, 0.4) is 0 Å². The minimum Gasteiger partial charge on any atom is -0.207 e. The van der Waals surface area contributed by atoms with Gasteiger partial charge >= 0.3 is 6.18 Å². The van der Waals surface area contributed by atoms with E-state index in [9.17, 15) is 21.6 Å². The molecule has 16 heavy (non-hydrogen) atoms. The molecule has 0 aliphatic rings. The summed E-state index contributed by atoms with van der Waals surface area (Å²) in [6, 6.07) is 5.29. The number of benzene rings is 1. The second kappa shape index (κ2) is 4.72. The summed E-state index contributed by atoms with van der Waals surface area (Å²) in [6.45, 7) is -1.58. The molecule has 90 valence electrons. The minimum absolute atomic E-state index is 0.208. The zero-order valence-electron chi connectivity index (χ0n) is 7.75. The Balaban J connectivity index is 2.83. The molecule has 0 atom stereocenters. The van der Waals surface area contributed by atoms with Crippen molar-refractivity contribution in [2.24, 2.45) is 0 Å². The van der Waals surface area contributed by atoms with Crippen molar-refractivity contribution in [3.63, 3.8) is 0 Å². The molecular weight excluding hydrogens is 311 g/mol. The number of halogens is 4. The van der Waals surface area contributed by atoms with Crippen molar-refractivity contribution in [3.05, 3.63) is 28.7 Å². The lowest BCUT2D eigenvalue weighted by Crippen LogP contribution is -2.33. The number of sulfonamides is 1. The van der Waals surface area contributed by atoms with Crippen molar-refractivity contribution < 1.29 is 21.6 Å².